The van der Waals surface area contributed by atoms with Crippen LogP contribution >= 0.6 is 11.6 Å². The molecule has 0 aromatic carbocycles. The molecule has 1 aliphatic carbocycles. The maximum atomic E-state index is 12.9. The number of carbonyl (C=O) groups is 1. The minimum absolute atomic E-state index is 0.0488. The van der Waals surface area contributed by atoms with Crippen LogP contribution in [0.1, 0.15) is 29.2 Å². The number of nitrogens with zero attached hydrogens (tertiary/aromatic N) is 3. The molecule has 3 rings (SSSR count). The first-order chi connectivity index (χ1) is 10.3. The summed E-state index contributed by atoms with van der Waals surface area (Å²) in [6, 6.07) is 1.03. The smallest absolute Gasteiger partial charge is 0.339 e. The van der Waals surface area contributed by atoms with Crippen LogP contribution in [0.15, 0.2) is 24.7 Å². The Labute approximate surface area is 128 Å². The zero-order chi connectivity index (χ0) is 15.9. The van der Waals surface area contributed by atoms with Crippen molar-refractivity contribution >= 4 is 28.9 Å². The Morgan fingerprint density at radius 3 is 2.82 bits per heavy atom. The Morgan fingerprint density at radius 1 is 1.45 bits per heavy atom. The van der Waals surface area contributed by atoms with Gasteiger partial charge in [-0.2, -0.15) is 5.10 Å². The predicted octanol–water partition coefficient (Wildman–Crippen LogP) is 3.34. The number of aromatic carboxylic acids is 1. The number of anilines is 2. The minimum Gasteiger partial charge on any atom is -0.478 e. The number of aromatic nitrogens is 3. The summed E-state index contributed by atoms with van der Waals surface area (Å²) in [5.74, 6) is -3.78. The summed E-state index contributed by atoms with van der Waals surface area (Å²) in [4.78, 5) is 14.9. The molecule has 6 nitrogen and oxygen atoms in total. The van der Waals surface area contributed by atoms with Crippen molar-refractivity contribution in [3.8, 4) is 0 Å². The van der Waals surface area contributed by atoms with Crippen molar-refractivity contribution in [2.75, 3.05) is 5.32 Å². The number of alkyl halides is 2. The van der Waals surface area contributed by atoms with Gasteiger partial charge in [0.05, 0.1) is 23.6 Å². The fraction of sp³-hybridized carbons (Fsp3) is 0.308. The summed E-state index contributed by atoms with van der Waals surface area (Å²) in [5.41, 5.74) is 0.693. The fourth-order valence-corrected chi connectivity index (χ4v) is 2.44. The number of hydrogen-bond donors (Lipinski definition) is 2. The molecule has 2 aromatic rings. The molecule has 116 valence electrons. The van der Waals surface area contributed by atoms with E-state index in [1.165, 1.54) is 16.9 Å². The zero-order valence-corrected chi connectivity index (χ0v) is 11.9. The Hall–Kier alpha value is -2.22. The van der Waals surface area contributed by atoms with E-state index >= 15 is 0 Å². The molecule has 1 fully saturated rings. The van der Waals surface area contributed by atoms with Crippen LogP contribution in [0.4, 0.5) is 20.2 Å². The van der Waals surface area contributed by atoms with Gasteiger partial charge < -0.3 is 10.4 Å². The van der Waals surface area contributed by atoms with E-state index in [0.29, 0.717) is 5.69 Å². The molecule has 0 amide bonds. The molecule has 0 atom stereocenters. The van der Waals surface area contributed by atoms with Gasteiger partial charge in [-0.3, -0.25) is 4.68 Å². The van der Waals surface area contributed by atoms with Gasteiger partial charge in [0.15, 0.2) is 0 Å². The summed E-state index contributed by atoms with van der Waals surface area (Å²) in [6.45, 7) is 0. The summed E-state index contributed by atoms with van der Waals surface area (Å²) in [6.07, 6.45) is 3.66. The molecule has 2 N–H and O–H groups in total. The quantitative estimate of drug-likeness (QED) is 0.841. The number of nitrogens with one attached hydrogen (secondary N) is 1. The van der Waals surface area contributed by atoms with E-state index in [9.17, 15) is 13.6 Å². The van der Waals surface area contributed by atoms with E-state index < -0.39 is 11.9 Å². The number of rotatable bonds is 4. The summed E-state index contributed by atoms with van der Waals surface area (Å²) < 4.78 is 27.2. The highest BCUT2D eigenvalue weighted by Gasteiger charge is 2.46. The molecular formula is C13H11ClF2N4O2. The fourth-order valence-electron chi connectivity index (χ4n) is 2.28. The van der Waals surface area contributed by atoms with Crippen LogP contribution in [-0.4, -0.2) is 31.8 Å². The van der Waals surface area contributed by atoms with Gasteiger partial charge in [0.25, 0.3) is 5.92 Å². The van der Waals surface area contributed by atoms with Gasteiger partial charge in [0.2, 0.25) is 0 Å². The lowest BCUT2D eigenvalue weighted by molar-refractivity contribution is -0.106. The van der Waals surface area contributed by atoms with Gasteiger partial charge in [-0.15, -0.1) is 0 Å². The third kappa shape index (κ3) is 2.87. The number of halogens is 3. The third-order valence-corrected chi connectivity index (χ3v) is 3.63. The van der Waals surface area contributed by atoms with Crippen LogP contribution in [0, 0.1) is 0 Å². The molecule has 9 heteroatoms. The molecule has 0 spiro atoms. The van der Waals surface area contributed by atoms with Crippen molar-refractivity contribution in [2.45, 2.75) is 24.8 Å². The molecule has 1 aliphatic rings. The molecule has 0 aliphatic heterocycles. The highest BCUT2D eigenvalue weighted by atomic mass is 35.5. The van der Waals surface area contributed by atoms with Gasteiger partial charge >= 0.3 is 5.97 Å². The lowest BCUT2D eigenvalue weighted by Gasteiger charge is -2.34. The van der Waals surface area contributed by atoms with Crippen molar-refractivity contribution in [3.05, 3.63) is 35.4 Å². The molecule has 0 radical (unpaired) electrons. The summed E-state index contributed by atoms with van der Waals surface area (Å²) >= 11 is 5.76. The Morgan fingerprint density at radius 2 is 2.18 bits per heavy atom. The second-order valence-electron chi connectivity index (χ2n) is 5.11. The lowest BCUT2D eigenvalue weighted by atomic mass is 9.88. The van der Waals surface area contributed by atoms with Crippen molar-refractivity contribution in [1.29, 1.82) is 0 Å². The van der Waals surface area contributed by atoms with Gasteiger partial charge in [-0.1, -0.05) is 11.6 Å². The van der Waals surface area contributed by atoms with Crippen molar-refractivity contribution in [1.82, 2.24) is 14.8 Å². The van der Waals surface area contributed by atoms with Crippen LogP contribution in [0.2, 0.25) is 5.15 Å². The standard InChI is InChI=1S/C13H11ClF2N4O2/c14-11-1-10(9(5-17-11)12(21)22)19-7-4-18-20(6-7)8-2-13(15,16)3-8/h1,4-6,8H,2-3H2,(H,17,19)(H,21,22). The molecule has 2 heterocycles. The average Bonchev–Trinajstić information content (AvgIpc) is 2.83. The van der Waals surface area contributed by atoms with Gasteiger partial charge in [0, 0.05) is 25.2 Å². The van der Waals surface area contributed by atoms with E-state index in [-0.39, 0.29) is 35.3 Å². The maximum Gasteiger partial charge on any atom is 0.339 e. The summed E-state index contributed by atoms with van der Waals surface area (Å²) in [5, 5.41) is 16.1. The van der Waals surface area contributed by atoms with E-state index in [2.05, 4.69) is 15.4 Å². The first kappa shape index (κ1) is 14.7. The highest BCUT2D eigenvalue weighted by Crippen LogP contribution is 2.45. The molecule has 0 unspecified atom stereocenters. The zero-order valence-electron chi connectivity index (χ0n) is 11.1. The first-order valence-corrected chi connectivity index (χ1v) is 6.80. The Kier molecular flexibility index (Phi) is 3.48. The largest absolute Gasteiger partial charge is 0.478 e. The van der Waals surface area contributed by atoms with Crippen molar-refractivity contribution in [2.24, 2.45) is 0 Å². The Balaban J connectivity index is 1.78. The Bertz CT molecular complexity index is 727. The molecule has 2 aromatic heterocycles. The predicted molar refractivity (Wildman–Crippen MR) is 74.9 cm³/mol. The lowest BCUT2D eigenvalue weighted by Crippen LogP contribution is -2.37. The monoisotopic (exact) mass is 328 g/mol. The number of pyridine rings is 1. The molecule has 22 heavy (non-hydrogen) atoms. The van der Waals surface area contributed by atoms with Crippen LogP contribution in [0.25, 0.3) is 0 Å². The molecule has 0 saturated heterocycles. The molecule has 1 saturated carbocycles. The topological polar surface area (TPSA) is 80.0 Å². The highest BCUT2D eigenvalue weighted by molar-refractivity contribution is 6.29. The summed E-state index contributed by atoms with van der Waals surface area (Å²) in [7, 11) is 0. The molecule has 0 bridgehead atoms. The van der Waals surface area contributed by atoms with E-state index in [0.717, 1.165) is 6.20 Å². The minimum atomic E-state index is -2.63. The third-order valence-electron chi connectivity index (χ3n) is 3.42. The van der Waals surface area contributed by atoms with Crippen molar-refractivity contribution < 1.29 is 18.7 Å². The normalized spacial score (nSPS) is 17.0. The van der Waals surface area contributed by atoms with E-state index in [1.807, 2.05) is 0 Å². The second-order valence-corrected chi connectivity index (χ2v) is 5.50. The molecular weight excluding hydrogens is 318 g/mol. The second kappa shape index (κ2) is 5.20. The number of carboxylic acids is 1. The van der Waals surface area contributed by atoms with E-state index in [1.54, 1.807) is 6.20 Å². The van der Waals surface area contributed by atoms with Crippen LogP contribution in [-0.2, 0) is 0 Å². The SMILES string of the molecule is O=C(O)c1cnc(Cl)cc1Nc1cnn(C2CC(F)(F)C2)c1. The van der Waals surface area contributed by atoms with Crippen LogP contribution in [0.5, 0.6) is 0 Å². The average molecular weight is 329 g/mol. The van der Waals surface area contributed by atoms with Gasteiger partial charge in [-0.25, -0.2) is 18.6 Å². The van der Waals surface area contributed by atoms with Gasteiger partial charge in [-0.05, 0) is 6.07 Å². The number of carboxylic acid groups (broad SMARTS) is 1. The first-order valence-electron chi connectivity index (χ1n) is 6.42. The maximum absolute atomic E-state index is 12.9. The van der Waals surface area contributed by atoms with Crippen molar-refractivity contribution in [3.63, 3.8) is 0 Å². The van der Waals surface area contributed by atoms with Gasteiger partial charge in [0.1, 0.15) is 10.7 Å². The van der Waals surface area contributed by atoms with E-state index in [4.69, 9.17) is 16.7 Å². The number of hydrogen-bond acceptors (Lipinski definition) is 4. The van der Waals surface area contributed by atoms with Crippen LogP contribution in [0.3, 0.4) is 0 Å². The van der Waals surface area contributed by atoms with Crippen LogP contribution < -0.4 is 5.32 Å².